The molecular weight excluding hydrogens is 318 g/mol. The predicted octanol–water partition coefficient (Wildman–Crippen LogP) is 1.20. The predicted molar refractivity (Wildman–Crippen MR) is 95.7 cm³/mol. The first-order valence-electron chi connectivity index (χ1n) is 9.44. The second-order valence-corrected chi connectivity index (χ2v) is 7.42. The maximum absolute atomic E-state index is 12.0. The fourth-order valence-electron chi connectivity index (χ4n) is 3.17. The van der Waals surface area contributed by atoms with Crippen molar-refractivity contribution in [3.63, 3.8) is 0 Å². The van der Waals surface area contributed by atoms with Crippen molar-refractivity contribution in [1.29, 1.82) is 0 Å². The molecule has 1 aliphatic heterocycles. The van der Waals surface area contributed by atoms with Crippen LogP contribution in [-0.4, -0.2) is 54.8 Å². The van der Waals surface area contributed by atoms with E-state index in [-0.39, 0.29) is 11.8 Å². The first-order valence-corrected chi connectivity index (χ1v) is 9.44. The summed E-state index contributed by atoms with van der Waals surface area (Å²) in [6.07, 6.45) is 4.13. The Morgan fingerprint density at radius 3 is 2.76 bits per heavy atom. The number of morpholine rings is 1. The summed E-state index contributed by atoms with van der Waals surface area (Å²) in [5.41, 5.74) is 0.976. The molecule has 7 heteroatoms. The average molecular weight is 345 g/mol. The van der Waals surface area contributed by atoms with Crippen LogP contribution in [-0.2, 0) is 16.0 Å². The van der Waals surface area contributed by atoms with Crippen molar-refractivity contribution in [2.24, 2.45) is 11.8 Å². The van der Waals surface area contributed by atoms with Gasteiger partial charge in [-0.1, -0.05) is 6.92 Å². The SMILES string of the molecule is C[C@H]1C[C@H]1C(=O)NCCc1cc(N2CCOCC2)nc(NC2CC2)n1. The highest BCUT2D eigenvalue weighted by Crippen LogP contribution is 2.37. The van der Waals surface area contributed by atoms with E-state index >= 15 is 0 Å². The van der Waals surface area contributed by atoms with Crippen LogP contribution in [0.3, 0.4) is 0 Å². The zero-order valence-corrected chi connectivity index (χ0v) is 14.8. The molecule has 3 fully saturated rings. The highest BCUT2D eigenvalue weighted by atomic mass is 16.5. The zero-order valence-electron chi connectivity index (χ0n) is 14.8. The molecule has 2 aliphatic carbocycles. The summed E-state index contributed by atoms with van der Waals surface area (Å²) in [7, 11) is 0. The molecule has 0 unspecified atom stereocenters. The minimum absolute atomic E-state index is 0.186. The van der Waals surface area contributed by atoms with Gasteiger partial charge in [-0.2, -0.15) is 4.98 Å². The highest BCUT2D eigenvalue weighted by Gasteiger charge is 2.38. The van der Waals surface area contributed by atoms with Crippen molar-refractivity contribution < 1.29 is 9.53 Å². The van der Waals surface area contributed by atoms with Crippen molar-refractivity contribution in [1.82, 2.24) is 15.3 Å². The summed E-state index contributed by atoms with van der Waals surface area (Å²) in [5.74, 6) is 2.62. The van der Waals surface area contributed by atoms with Gasteiger partial charge in [-0.3, -0.25) is 4.79 Å². The molecule has 4 rings (SSSR count). The van der Waals surface area contributed by atoms with Crippen LogP contribution in [0.1, 0.15) is 31.9 Å². The maximum atomic E-state index is 12.0. The number of rotatable bonds is 7. The Labute approximate surface area is 148 Å². The van der Waals surface area contributed by atoms with Crippen molar-refractivity contribution in [3.8, 4) is 0 Å². The lowest BCUT2D eigenvalue weighted by molar-refractivity contribution is -0.122. The van der Waals surface area contributed by atoms with Gasteiger partial charge in [0, 0.05) is 49.8 Å². The van der Waals surface area contributed by atoms with Gasteiger partial charge in [0.15, 0.2) is 0 Å². The van der Waals surface area contributed by atoms with E-state index in [0.717, 1.165) is 50.7 Å². The number of carbonyl (C=O) groups excluding carboxylic acids is 1. The third-order valence-corrected chi connectivity index (χ3v) is 5.14. The van der Waals surface area contributed by atoms with Gasteiger partial charge >= 0.3 is 0 Å². The number of hydrogen-bond acceptors (Lipinski definition) is 6. The molecule has 0 radical (unpaired) electrons. The molecule has 1 amide bonds. The van der Waals surface area contributed by atoms with Crippen LogP contribution in [0.15, 0.2) is 6.07 Å². The normalized spacial score (nSPS) is 25.6. The van der Waals surface area contributed by atoms with Gasteiger partial charge in [0.25, 0.3) is 0 Å². The Morgan fingerprint density at radius 2 is 2.08 bits per heavy atom. The third kappa shape index (κ3) is 4.39. The van der Waals surface area contributed by atoms with E-state index in [0.29, 0.717) is 24.5 Å². The number of nitrogens with one attached hydrogen (secondary N) is 2. The fraction of sp³-hybridized carbons (Fsp3) is 0.722. The molecule has 136 valence electrons. The quantitative estimate of drug-likeness (QED) is 0.773. The summed E-state index contributed by atoms with van der Waals surface area (Å²) in [4.78, 5) is 23.5. The smallest absolute Gasteiger partial charge is 0.225 e. The van der Waals surface area contributed by atoms with Gasteiger partial charge in [-0.05, 0) is 25.2 Å². The number of anilines is 2. The van der Waals surface area contributed by atoms with Gasteiger partial charge in [-0.15, -0.1) is 0 Å². The Balaban J connectivity index is 1.40. The zero-order chi connectivity index (χ0) is 17.2. The van der Waals surface area contributed by atoms with E-state index < -0.39 is 0 Å². The molecule has 2 N–H and O–H groups in total. The molecule has 7 nitrogen and oxygen atoms in total. The number of ether oxygens (including phenoxy) is 1. The minimum Gasteiger partial charge on any atom is -0.378 e. The summed E-state index contributed by atoms with van der Waals surface area (Å²) in [5, 5.41) is 6.44. The van der Waals surface area contributed by atoms with E-state index in [1.807, 2.05) is 0 Å². The molecule has 0 aromatic carbocycles. The number of aromatic nitrogens is 2. The van der Waals surface area contributed by atoms with Gasteiger partial charge in [0.05, 0.1) is 13.2 Å². The lowest BCUT2D eigenvalue weighted by Gasteiger charge is -2.28. The van der Waals surface area contributed by atoms with Gasteiger partial charge < -0.3 is 20.3 Å². The highest BCUT2D eigenvalue weighted by molar-refractivity contribution is 5.81. The van der Waals surface area contributed by atoms with Crippen molar-refractivity contribution >= 4 is 17.7 Å². The first kappa shape index (κ1) is 16.6. The van der Waals surface area contributed by atoms with Crippen molar-refractivity contribution in [2.45, 2.75) is 38.6 Å². The number of carbonyl (C=O) groups is 1. The van der Waals surface area contributed by atoms with Crippen LogP contribution in [0.2, 0.25) is 0 Å². The fourth-order valence-corrected chi connectivity index (χ4v) is 3.17. The second-order valence-electron chi connectivity index (χ2n) is 7.42. The van der Waals surface area contributed by atoms with Crippen LogP contribution in [0.4, 0.5) is 11.8 Å². The van der Waals surface area contributed by atoms with E-state index in [1.54, 1.807) is 0 Å². The van der Waals surface area contributed by atoms with E-state index in [2.05, 4.69) is 38.5 Å². The first-order chi connectivity index (χ1) is 12.2. The number of nitrogens with zero attached hydrogens (tertiary/aromatic N) is 3. The molecule has 2 saturated carbocycles. The van der Waals surface area contributed by atoms with Crippen LogP contribution in [0.25, 0.3) is 0 Å². The van der Waals surface area contributed by atoms with Crippen LogP contribution in [0.5, 0.6) is 0 Å². The average Bonchev–Trinajstić information content (AvgIpc) is 3.54. The largest absolute Gasteiger partial charge is 0.378 e. The Morgan fingerprint density at radius 1 is 1.32 bits per heavy atom. The standard InChI is InChI=1S/C18H27N5O2/c1-12-10-15(12)17(24)19-5-4-14-11-16(23-6-8-25-9-7-23)22-18(21-14)20-13-2-3-13/h11-13,15H,2-10H2,1H3,(H,19,24)(H,20,21,22)/t12-,15+/m0/s1. The minimum atomic E-state index is 0.186. The third-order valence-electron chi connectivity index (χ3n) is 5.14. The Kier molecular flexibility index (Phi) is 4.74. The van der Waals surface area contributed by atoms with E-state index in [9.17, 15) is 4.79 Å². The van der Waals surface area contributed by atoms with Gasteiger partial charge in [0.2, 0.25) is 11.9 Å². The maximum Gasteiger partial charge on any atom is 0.225 e. The van der Waals surface area contributed by atoms with E-state index in [1.165, 1.54) is 12.8 Å². The van der Waals surface area contributed by atoms with E-state index in [4.69, 9.17) is 4.74 Å². The summed E-state index contributed by atoms with van der Waals surface area (Å²) in [6.45, 7) is 5.94. The molecule has 3 aliphatic rings. The van der Waals surface area contributed by atoms with Crippen LogP contribution in [0, 0.1) is 11.8 Å². The Hall–Kier alpha value is -1.89. The van der Waals surface area contributed by atoms with Crippen LogP contribution >= 0.6 is 0 Å². The molecule has 1 saturated heterocycles. The number of hydrogen-bond donors (Lipinski definition) is 2. The summed E-state index contributed by atoms with van der Waals surface area (Å²) < 4.78 is 5.44. The van der Waals surface area contributed by atoms with Gasteiger partial charge in [0.1, 0.15) is 5.82 Å². The second kappa shape index (κ2) is 7.15. The van der Waals surface area contributed by atoms with Crippen molar-refractivity contribution in [2.75, 3.05) is 43.1 Å². The molecule has 0 spiro atoms. The molecule has 1 aromatic rings. The lowest BCUT2D eigenvalue weighted by atomic mass is 10.2. The van der Waals surface area contributed by atoms with Gasteiger partial charge in [-0.25, -0.2) is 4.98 Å². The molecule has 25 heavy (non-hydrogen) atoms. The Bertz CT molecular complexity index is 628. The topological polar surface area (TPSA) is 79.4 Å². The number of amides is 1. The van der Waals surface area contributed by atoms with Crippen LogP contribution < -0.4 is 15.5 Å². The molecule has 2 atom stereocenters. The summed E-state index contributed by atoms with van der Waals surface area (Å²) >= 11 is 0. The molecular formula is C18H27N5O2. The lowest BCUT2D eigenvalue weighted by Crippen LogP contribution is -2.37. The molecule has 2 heterocycles. The molecule has 0 bridgehead atoms. The monoisotopic (exact) mass is 345 g/mol. The summed E-state index contributed by atoms with van der Waals surface area (Å²) in [6, 6.07) is 2.57. The van der Waals surface area contributed by atoms with Crippen molar-refractivity contribution in [3.05, 3.63) is 11.8 Å². The molecule has 1 aromatic heterocycles.